The Balaban J connectivity index is 1.23. The van der Waals surface area contributed by atoms with Crippen LogP contribution in [0.15, 0.2) is 41.3 Å². The van der Waals surface area contributed by atoms with E-state index in [9.17, 15) is 27.1 Å². The normalized spacial score (nSPS) is 24.5. The first-order valence-electron chi connectivity index (χ1n) is 18.4. The number of sulfonamides is 1. The lowest BCUT2D eigenvalue weighted by Gasteiger charge is -2.47. The van der Waals surface area contributed by atoms with Crippen LogP contribution in [-0.2, 0) is 30.7 Å². The second-order valence-electron chi connectivity index (χ2n) is 15.2. The summed E-state index contributed by atoms with van der Waals surface area (Å²) in [5.74, 6) is -2.10. The van der Waals surface area contributed by atoms with E-state index in [4.69, 9.17) is 14.2 Å². The second-order valence-corrected chi connectivity index (χ2v) is 18.2. The Morgan fingerprint density at radius 1 is 1.11 bits per heavy atom. The molecule has 1 saturated carbocycles. The molecular weight excluding hydrogens is 729 g/mol. The predicted octanol–water partition coefficient (Wildman–Crippen LogP) is 5.40. The number of aromatic nitrogens is 1. The van der Waals surface area contributed by atoms with Crippen LogP contribution in [0.2, 0.25) is 0 Å². The maximum absolute atomic E-state index is 14.3. The van der Waals surface area contributed by atoms with Crippen molar-refractivity contribution in [3.63, 3.8) is 0 Å². The Bertz CT molecular complexity index is 1840. The number of fused-ring (bicyclic) bond motifs is 2. The van der Waals surface area contributed by atoms with E-state index < -0.39 is 64.4 Å². The van der Waals surface area contributed by atoms with Gasteiger partial charge in [-0.1, -0.05) is 46.0 Å². The molecule has 3 heterocycles. The lowest BCUT2D eigenvalue weighted by atomic mass is 9.74. The van der Waals surface area contributed by atoms with E-state index in [1.54, 1.807) is 12.1 Å². The van der Waals surface area contributed by atoms with E-state index >= 15 is 0 Å². The van der Waals surface area contributed by atoms with Crippen molar-refractivity contribution in [2.45, 2.75) is 114 Å². The molecule has 12 nitrogen and oxygen atoms in total. The summed E-state index contributed by atoms with van der Waals surface area (Å²) in [6, 6.07) is 7.03. The van der Waals surface area contributed by atoms with Gasteiger partial charge in [-0.15, -0.1) is 0 Å². The minimum absolute atomic E-state index is 0.0375. The highest BCUT2D eigenvalue weighted by Gasteiger charge is 2.55. The molecule has 3 aromatic rings. The second kappa shape index (κ2) is 16.4. The Morgan fingerprint density at radius 3 is 2.51 bits per heavy atom. The van der Waals surface area contributed by atoms with Crippen molar-refractivity contribution in [2.75, 3.05) is 31.6 Å². The number of hydrogen-bond acceptors (Lipinski definition) is 11. The van der Waals surface area contributed by atoms with Crippen molar-refractivity contribution in [1.82, 2.24) is 19.9 Å². The number of amides is 1. The molecule has 1 aliphatic carbocycles. The number of anilines is 1. The van der Waals surface area contributed by atoms with Gasteiger partial charge in [-0.3, -0.25) is 0 Å². The number of nitrogens with one attached hydrogen (secondary N) is 3. The molecule has 0 bridgehead atoms. The number of carbonyl (C=O) groups is 1. The van der Waals surface area contributed by atoms with Crippen LogP contribution < -0.4 is 16.0 Å². The van der Waals surface area contributed by atoms with Crippen molar-refractivity contribution < 1.29 is 41.3 Å². The van der Waals surface area contributed by atoms with Crippen LogP contribution in [0.4, 0.5) is 18.7 Å². The van der Waals surface area contributed by atoms with Crippen LogP contribution in [0, 0.1) is 23.5 Å². The van der Waals surface area contributed by atoms with Crippen LogP contribution in [0.25, 0.3) is 10.2 Å². The number of aliphatic hydroxyl groups is 1. The fourth-order valence-corrected chi connectivity index (χ4v) is 10.2. The number of alkyl carbamates (subject to hydrolysis) is 1. The van der Waals surface area contributed by atoms with Crippen LogP contribution >= 0.6 is 11.3 Å². The summed E-state index contributed by atoms with van der Waals surface area (Å²) < 4.78 is 76.7. The number of nitrogens with zero attached hydrogens (tertiary/aromatic N) is 2. The van der Waals surface area contributed by atoms with Gasteiger partial charge in [-0.25, -0.2) is 27.0 Å². The molecule has 2 aliphatic heterocycles. The molecular formula is C37H51F2N5O7S2. The third-order valence-corrected chi connectivity index (χ3v) is 12.8. The van der Waals surface area contributed by atoms with Gasteiger partial charge in [0.05, 0.1) is 46.4 Å². The van der Waals surface area contributed by atoms with E-state index in [0.29, 0.717) is 29.3 Å². The Morgan fingerprint density at radius 2 is 1.85 bits per heavy atom. The number of carbonyl (C=O) groups excluding carboxylic acids is 1. The fraction of sp³-hybridized carbons (Fsp3) is 0.622. The summed E-state index contributed by atoms with van der Waals surface area (Å²) in [5, 5.41) is 22.2. The average molecular weight is 780 g/mol. The molecule has 2 saturated heterocycles. The van der Waals surface area contributed by atoms with Crippen molar-refractivity contribution in [3.05, 3.63) is 53.6 Å². The summed E-state index contributed by atoms with van der Waals surface area (Å²) in [6.07, 6.45) is -0.310. The Hall–Kier alpha value is -2.99. The first-order chi connectivity index (χ1) is 25.1. The molecule has 0 radical (unpaired) electrons. The number of halogens is 2. The molecule has 53 heavy (non-hydrogen) atoms. The smallest absolute Gasteiger partial charge is 0.407 e. The van der Waals surface area contributed by atoms with Crippen LogP contribution in [0.3, 0.4) is 0 Å². The monoisotopic (exact) mass is 779 g/mol. The predicted molar refractivity (Wildman–Crippen MR) is 198 cm³/mol. The van der Waals surface area contributed by atoms with Crippen molar-refractivity contribution >= 4 is 42.8 Å². The van der Waals surface area contributed by atoms with E-state index in [0.717, 1.165) is 42.6 Å². The lowest BCUT2D eigenvalue weighted by molar-refractivity contribution is -0.181. The molecule has 3 fully saturated rings. The van der Waals surface area contributed by atoms with Gasteiger partial charge in [0.1, 0.15) is 17.7 Å². The zero-order valence-corrected chi connectivity index (χ0v) is 32.4. The van der Waals surface area contributed by atoms with E-state index in [1.165, 1.54) is 21.7 Å². The Kier molecular flexibility index (Phi) is 12.3. The van der Waals surface area contributed by atoms with Gasteiger partial charge in [0.15, 0.2) is 11.4 Å². The zero-order valence-electron chi connectivity index (χ0n) is 30.8. The topological polar surface area (TPSA) is 151 Å². The molecule has 3 aliphatic rings. The number of benzene rings is 2. The van der Waals surface area contributed by atoms with Crippen molar-refractivity contribution in [1.29, 1.82) is 0 Å². The number of hydrogen-bond donors (Lipinski definition) is 4. The summed E-state index contributed by atoms with van der Waals surface area (Å²) in [5.41, 5.74) is 0.416. The maximum Gasteiger partial charge on any atom is 0.407 e. The number of rotatable bonds is 16. The van der Waals surface area contributed by atoms with Crippen molar-refractivity contribution in [2.24, 2.45) is 11.8 Å². The molecule has 6 atom stereocenters. The van der Waals surface area contributed by atoms with E-state index in [-0.39, 0.29) is 47.9 Å². The molecule has 0 spiro atoms. The summed E-state index contributed by atoms with van der Waals surface area (Å²) in [6.45, 7) is 10.1. The minimum atomic E-state index is -4.16. The average Bonchev–Trinajstić information content (AvgIpc) is 3.65. The van der Waals surface area contributed by atoms with Gasteiger partial charge < -0.3 is 35.3 Å². The van der Waals surface area contributed by atoms with E-state index in [2.05, 4.69) is 27.9 Å². The maximum atomic E-state index is 14.3. The molecule has 6 rings (SSSR count). The Labute approximate surface area is 314 Å². The van der Waals surface area contributed by atoms with E-state index in [1.807, 2.05) is 27.7 Å². The van der Waals surface area contributed by atoms with Crippen LogP contribution in [0.5, 0.6) is 0 Å². The zero-order chi connectivity index (χ0) is 38.1. The number of ether oxygens (including phenoxy) is 3. The molecule has 0 unspecified atom stereocenters. The molecule has 2 aromatic carbocycles. The molecule has 4 N–H and O–H groups in total. The fourth-order valence-electron chi connectivity index (χ4n) is 7.51. The summed E-state index contributed by atoms with van der Waals surface area (Å²) >= 11 is 1.38. The SMILES string of the molecule is CC[C@@]1(NC(C)C)CCO[C@H]2OC[C@@H](OC(=O)N[C@@H](Cc3cc(F)cc(F)c3)[C@H](O)CN(CC(C)C)S(=O)(=O)c3ccc4nc(NC5CC5)sc4c3)[C@H]21. The van der Waals surface area contributed by atoms with Gasteiger partial charge in [0.25, 0.3) is 0 Å². The first-order valence-corrected chi connectivity index (χ1v) is 20.7. The number of thiazole rings is 1. The molecule has 1 amide bonds. The van der Waals surface area contributed by atoms with Crippen LogP contribution in [-0.4, -0.2) is 97.4 Å². The first kappa shape index (κ1) is 39.7. The third-order valence-electron chi connectivity index (χ3n) is 10.1. The van der Waals surface area contributed by atoms with Gasteiger partial charge >= 0.3 is 6.09 Å². The number of aliphatic hydroxyl groups excluding tert-OH is 1. The highest BCUT2D eigenvalue weighted by Crippen LogP contribution is 2.42. The molecule has 16 heteroatoms. The summed E-state index contributed by atoms with van der Waals surface area (Å²) in [4.78, 5) is 18.3. The standard InChI is InChI=1S/C37H51F2N5O7S2/c1-6-37(43-22(4)5)11-12-49-34-33(37)31(20-50-34)51-36(46)42-29(15-23-13-24(38)16-25(39)14-23)30(45)19-44(18-21(2)3)53(47,48)27-9-10-28-32(17-27)52-35(41-28)40-26-7-8-26/h9-10,13-14,16-17,21-22,26,29-31,33-34,43,45H,6-8,11-12,15,18-20H2,1-5H3,(H,40,41)(H,42,46)/t29-,30+,31+,33+,34-,37+/m0/s1. The highest BCUT2D eigenvalue weighted by atomic mass is 32.2. The van der Waals surface area contributed by atoms with Gasteiger partial charge in [0.2, 0.25) is 10.0 Å². The highest BCUT2D eigenvalue weighted by molar-refractivity contribution is 7.89. The quantitative estimate of drug-likeness (QED) is 0.149. The van der Waals surface area contributed by atoms with Gasteiger partial charge in [-0.05, 0) is 73.9 Å². The molecule has 1 aromatic heterocycles. The van der Waals surface area contributed by atoms with Gasteiger partial charge in [-0.2, -0.15) is 4.31 Å². The lowest BCUT2D eigenvalue weighted by Crippen LogP contribution is -2.62. The third kappa shape index (κ3) is 9.46. The molecule has 292 valence electrons. The minimum Gasteiger partial charge on any atom is -0.443 e. The largest absolute Gasteiger partial charge is 0.443 e. The van der Waals surface area contributed by atoms with Crippen LogP contribution in [0.1, 0.15) is 65.9 Å². The summed E-state index contributed by atoms with van der Waals surface area (Å²) in [7, 11) is -4.16. The van der Waals surface area contributed by atoms with Gasteiger partial charge in [0, 0.05) is 36.8 Å². The van der Waals surface area contributed by atoms with Crippen molar-refractivity contribution in [3.8, 4) is 0 Å².